The van der Waals surface area contributed by atoms with Gasteiger partial charge in [-0.3, -0.25) is 0 Å². The highest BCUT2D eigenvalue weighted by atomic mass is 16.4. The smallest absolute Gasteiger partial charge is 0.0851 e. The first-order chi connectivity index (χ1) is 12.1. The van der Waals surface area contributed by atoms with Crippen LogP contribution in [0.3, 0.4) is 0 Å². The van der Waals surface area contributed by atoms with Crippen LogP contribution < -0.4 is 5.32 Å². The molecule has 0 spiro atoms. The molecule has 2 aromatic rings. The highest BCUT2D eigenvalue weighted by molar-refractivity contribution is 5.98. The maximum Gasteiger partial charge on any atom is 0.0851 e. The van der Waals surface area contributed by atoms with Gasteiger partial charge in [0.15, 0.2) is 0 Å². The zero-order valence-corrected chi connectivity index (χ0v) is 15.3. The summed E-state index contributed by atoms with van der Waals surface area (Å²) in [7, 11) is 0. The molecule has 0 aliphatic rings. The molecule has 0 fully saturated rings. The summed E-state index contributed by atoms with van der Waals surface area (Å²) in [5.41, 5.74) is 4.80. The first-order valence-electron chi connectivity index (χ1n) is 8.60. The van der Waals surface area contributed by atoms with E-state index in [-0.39, 0.29) is 5.76 Å². The SMILES string of the molecule is C=C(O)CCCNc1ccc(-c2ccc(/C(C)=N/O)cc2)cc1.CC. The van der Waals surface area contributed by atoms with Crippen LogP contribution in [0, 0.1) is 0 Å². The lowest BCUT2D eigenvalue weighted by atomic mass is 10.0. The molecular weight excluding hydrogens is 312 g/mol. The molecule has 0 heterocycles. The molecule has 2 aromatic carbocycles. The van der Waals surface area contributed by atoms with Crippen molar-refractivity contribution < 1.29 is 10.3 Å². The van der Waals surface area contributed by atoms with Crippen LogP contribution >= 0.6 is 0 Å². The zero-order chi connectivity index (χ0) is 18.7. The number of oxime groups is 1. The minimum atomic E-state index is 0.229. The van der Waals surface area contributed by atoms with Crippen LogP contribution in [0.5, 0.6) is 0 Å². The number of nitrogens with one attached hydrogen (secondary N) is 1. The molecule has 3 N–H and O–H groups in total. The van der Waals surface area contributed by atoms with Crippen molar-refractivity contribution in [2.45, 2.75) is 33.6 Å². The fraction of sp³-hybridized carbons (Fsp3) is 0.286. The first-order valence-corrected chi connectivity index (χ1v) is 8.60. The summed E-state index contributed by atoms with van der Waals surface area (Å²) in [5.74, 6) is 0.229. The van der Waals surface area contributed by atoms with Gasteiger partial charge in [0, 0.05) is 18.7 Å². The van der Waals surface area contributed by atoms with Crippen molar-refractivity contribution in [1.29, 1.82) is 0 Å². The maximum absolute atomic E-state index is 9.04. The largest absolute Gasteiger partial charge is 0.513 e. The van der Waals surface area contributed by atoms with E-state index in [1.807, 2.05) is 50.2 Å². The van der Waals surface area contributed by atoms with Gasteiger partial charge in [-0.05, 0) is 42.2 Å². The van der Waals surface area contributed by atoms with Gasteiger partial charge in [-0.2, -0.15) is 0 Å². The maximum atomic E-state index is 9.04. The Morgan fingerprint density at radius 1 is 1.00 bits per heavy atom. The van der Waals surface area contributed by atoms with Gasteiger partial charge in [0.05, 0.1) is 11.5 Å². The molecule has 4 heteroatoms. The Bertz CT molecular complexity index is 674. The van der Waals surface area contributed by atoms with E-state index in [2.05, 4.69) is 29.2 Å². The van der Waals surface area contributed by atoms with Crippen LogP contribution in [-0.4, -0.2) is 22.6 Å². The molecule has 0 radical (unpaired) electrons. The second-order valence-electron chi connectivity index (χ2n) is 5.44. The number of anilines is 1. The van der Waals surface area contributed by atoms with Crippen molar-refractivity contribution in [2.24, 2.45) is 5.16 Å². The fourth-order valence-corrected chi connectivity index (χ4v) is 2.27. The monoisotopic (exact) mass is 340 g/mol. The minimum absolute atomic E-state index is 0.229. The van der Waals surface area contributed by atoms with Gasteiger partial charge in [-0.25, -0.2) is 0 Å². The molecule has 0 aliphatic heterocycles. The molecule has 0 saturated carbocycles. The molecule has 4 nitrogen and oxygen atoms in total. The molecule has 0 atom stereocenters. The van der Waals surface area contributed by atoms with Gasteiger partial charge >= 0.3 is 0 Å². The van der Waals surface area contributed by atoms with Gasteiger partial charge in [0.25, 0.3) is 0 Å². The van der Waals surface area contributed by atoms with Crippen LogP contribution in [0.2, 0.25) is 0 Å². The Labute approximate surface area is 150 Å². The Morgan fingerprint density at radius 3 is 2.00 bits per heavy atom. The second-order valence-corrected chi connectivity index (χ2v) is 5.44. The predicted molar refractivity (Wildman–Crippen MR) is 107 cm³/mol. The lowest BCUT2D eigenvalue weighted by Gasteiger charge is -2.08. The highest BCUT2D eigenvalue weighted by Gasteiger charge is 2.01. The van der Waals surface area contributed by atoms with Crippen LogP contribution in [-0.2, 0) is 0 Å². The molecule has 2 rings (SSSR count). The molecule has 0 bridgehead atoms. The van der Waals surface area contributed by atoms with E-state index < -0.39 is 0 Å². The van der Waals surface area contributed by atoms with Crippen LogP contribution in [0.25, 0.3) is 11.1 Å². The third-order valence-corrected chi connectivity index (χ3v) is 3.64. The Morgan fingerprint density at radius 2 is 1.52 bits per heavy atom. The number of rotatable bonds is 7. The Balaban J connectivity index is 0.00000151. The van der Waals surface area contributed by atoms with E-state index in [9.17, 15) is 0 Å². The van der Waals surface area contributed by atoms with Crippen molar-refractivity contribution in [3.63, 3.8) is 0 Å². The van der Waals surface area contributed by atoms with E-state index >= 15 is 0 Å². The molecule has 25 heavy (non-hydrogen) atoms. The number of hydrogen-bond donors (Lipinski definition) is 3. The van der Waals surface area contributed by atoms with Gasteiger partial charge in [0.1, 0.15) is 0 Å². The summed E-state index contributed by atoms with van der Waals surface area (Å²) in [6, 6.07) is 16.1. The van der Waals surface area contributed by atoms with E-state index in [1.54, 1.807) is 6.92 Å². The summed E-state index contributed by atoms with van der Waals surface area (Å²) in [4.78, 5) is 0. The average molecular weight is 340 g/mol. The van der Waals surface area contributed by atoms with Gasteiger partial charge in [-0.15, -0.1) is 0 Å². The minimum Gasteiger partial charge on any atom is -0.513 e. The summed E-state index contributed by atoms with van der Waals surface area (Å²) < 4.78 is 0. The zero-order valence-electron chi connectivity index (χ0n) is 15.3. The van der Waals surface area contributed by atoms with Crippen molar-refractivity contribution in [3.8, 4) is 11.1 Å². The number of hydrogen-bond acceptors (Lipinski definition) is 4. The summed E-state index contributed by atoms with van der Waals surface area (Å²) in [6.45, 7) is 10.0. The van der Waals surface area contributed by atoms with Crippen LogP contribution in [0.4, 0.5) is 5.69 Å². The van der Waals surface area contributed by atoms with Gasteiger partial charge in [0.2, 0.25) is 0 Å². The van der Waals surface area contributed by atoms with E-state index in [0.717, 1.165) is 35.3 Å². The highest BCUT2D eigenvalue weighted by Crippen LogP contribution is 2.22. The standard InChI is InChI=1S/C19H22N2O2.C2H6/c1-14(22)4-3-13-20-19-11-9-18(10-12-19)17-7-5-16(6-8-17)15(2)21-23;1-2/h5-12,20,22-23H,1,3-4,13H2,2H3;1-2H3/b21-15+;. The molecular formula is C21H28N2O2. The first kappa shape index (κ1) is 20.3. The summed E-state index contributed by atoms with van der Waals surface area (Å²) in [6.07, 6.45) is 1.47. The van der Waals surface area contributed by atoms with Crippen molar-refractivity contribution in [1.82, 2.24) is 0 Å². The molecule has 0 aliphatic carbocycles. The number of allylic oxidation sites excluding steroid dienone is 1. The summed E-state index contributed by atoms with van der Waals surface area (Å²) in [5, 5.41) is 24.3. The number of aliphatic hydroxyl groups is 1. The van der Waals surface area contributed by atoms with Gasteiger partial charge < -0.3 is 15.6 Å². The van der Waals surface area contributed by atoms with E-state index in [4.69, 9.17) is 10.3 Å². The number of benzene rings is 2. The number of nitrogens with zero attached hydrogens (tertiary/aromatic N) is 1. The Hall–Kier alpha value is -2.75. The third-order valence-electron chi connectivity index (χ3n) is 3.64. The lowest BCUT2D eigenvalue weighted by molar-refractivity contribution is 0.319. The van der Waals surface area contributed by atoms with Crippen molar-refractivity contribution >= 4 is 11.4 Å². The predicted octanol–water partition coefficient (Wildman–Crippen LogP) is 5.84. The Kier molecular flexibility index (Phi) is 8.86. The molecule has 0 amide bonds. The topological polar surface area (TPSA) is 64.8 Å². The van der Waals surface area contributed by atoms with Crippen molar-refractivity contribution in [3.05, 3.63) is 66.4 Å². The molecule has 0 saturated heterocycles. The average Bonchev–Trinajstić information content (AvgIpc) is 2.67. The fourth-order valence-electron chi connectivity index (χ4n) is 2.27. The number of aliphatic hydroxyl groups excluding tert-OH is 1. The summed E-state index contributed by atoms with van der Waals surface area (Å²) >= 11 is 0. The third kappa shape index (κ3) is 6.71. The van der Waals surface area contributed by atoms with Crippen LogP contribution in [0.15, 0.2) is 66.0 Å². The molecule has 0 aromatic heterocycles. The van der Waals surface area contributed by atoms with E-state index in [0.29, 0.717) is 12.1 Å². The van der Waals surface area contributed by atoms with Gasteiger partial charge in [-0.1, -0.05) is 62.0 Å². The quantitative estimate of drug-likeness (QED) is 0.195. The molecule has 0 unspecified atom stereocenters. The van der Waals surface area contributed by atoms with E-state index in [1.165, 1.54) is 0 Å². The molecule has 134 valence electrons. The van der Waals surface area contributed by atoms with Crippen LogP contribution in [0.1, 0.15) is 39.2 Å². The lowest BCUT2D eigenvalue weighted by Crippen LogP contribution is -2.01. The van der Waals surface area contributed by atoms with Crippen molar-refractivity contribution in [2.75, 3.05) is 11.9 Å². The second kappa shape index (κ2) is 10.9. The normalized spacial score (nSPS) is 10.6.